The highest BCUT2D eigenvalue weighted by Crippen LogP contribution is 2.69. The van der Waals surface area contributed by atoms with Crippen LogP contribution in [0.15, 0.2) is 0 Å². The molecule has 0 radical (unpaired) electrons. The molecule has 0 aromatic heterocycles. The van der Waals surface area contributed by atoms with Gasteiger partial charge in [-0.2, -0.15) is 0 Å². The van der Waals surface area contributed by atoms with E-state index in [0.29, 0.717) is 16.4 Å². The first-order valence-corrected chi connectivity index (χ1v) is 5.03. The van der Waals surface area contributed by atoms with E-state index in [1.807, 2.05) is 0 Å². The van der Waals surface area contributed by atoms with Gasteiger partial charge in [0, 0.05) is 11.6 Å². The molecule has 1 saturated carbocycles. The third-order valence-corrected chi connectivity index (χ3v) is 5.04. The lowest BCUT2D eigenvalue weighted by molar-refractivity contribution is -0.0512. The lowest BCUT2D eigenvalue weighted by atomic mass is 9.45. The predicted molar refractivity (Wildman–Crippen MR) is 52.1 cm³/mol. The monoisotopic (exact) mass is 167 g/mol. The summed E-state index contributed by atoms with van der Waals surface area (Å²) in [5.41, 5.74) is 1.34. The van der Waals surface area contributed by atoms with Gasteiger partial charge in [-0.1, -0.05) is 34.6 Å². The zero-order valence-corrected chi connectivity index (χ0v) is 9.15. The molecule has 0 amide bonds. The van der Waals surface area contributed by atoms with Crippen molar-refractivity contribution in [3.05, 3.63) is 0 Å². The van der Waals surface area contributed by atoms with Crippen molar-refractivity contribution in [2.24, 2.45) is 16.7 Å². The van der Waals surface area contributed by atoms with Gasteiger partial charge in [0.1, 0.15) is 0 Å². The second-order valence-electron chi connectivity index (χ2n) is 6.07. The van der Waals surface area contributed by atoms with Gasteiger partial charge in [0.25, 0.3) is 0 Å². The molecule has 70 valence electrons. The van der Waals surface area contributed by atoms with E-state index in [2.05, 4.69) is 46.9 Å². The Morgan fingerprint density at radius 2 is 1.67 bits per heavy atom. The van der Waals surface area contributed by atoms with Crippen molar-refractivity contribution in [1.29, 1.82) is 0 Å². The molecule has 1 heteroatoms. The minimum absolute atomic E-state index is 0.418. The number of nitrogens with one attached hydrogen (secondary N) is 1. The summed E-state index contributed by atoms with van der Waals surface area (Å²) in [5, 5.41) is 3.63. The van der Waals surface area contributed by atoms with Gasteiger partial charge >= 0.3 is 0 Å². The van der Waals surface area contributed by atoms with E-state index in [9.17, 15) is 0 Å². The summed E-state index contributed by atoms with van der Waals surface area (Å²) in [6.07, 6.45) is 0. The van der Waals surface area contributed by atoms with E-state index in [1.54, 1.807) is 0 Å². The maximum absolute atomic E-state index is 3.63. The average molecular weight is 167 g/mol. The Morgan fingerprint density at radius 3 is 1.83 bits per heavy atom. The molecule has 1 saturated heterocycles. The Hall–Kier alpha value is -0.0400. The Morgan fingerprint density at radius 1 is 1.17 bits per heavy atom. The molecule has 4 unspecified atom stereocenters. The molecule has 12 heavy (non-hydrogen) atoms. The highest BCUT2D eigenvalue weighted by molar-refractivity contribution is 5.35. The van der Waals surface area contributed by atoms with Crippen LogP contribution in [0.25, 0.3) is 0 Å². The van der Waals surface area contributed by atoms with Gasteiger partial charge in [-0.25, -0.2) is 0 Å². The minimum atomic E-state index is 0.418. The summed E-state index contributed by atoms with van der Waals surface area (Å²) in [6, 6.07) is 0.807. The second-order valence-corrected chi connectivity index (χ2v) is 6.07. The minimum Gasteiger partial charge on any atom is -0.305 e. The van der Waals surface area contributed by atoms with E-state index < -0.39 is 0 Å². The van der Waals surface area contributed by atoms with Gasteiger partial charge in [-0.15, -0.1) is 0 Å². The number of hydrogen-bond donors (Lipinski definition) is 1. The summed E-state index contributed by atoms with van der Waals surface area (Å²) < 4.78 is 0. The molecule has 0 aromatic rings. The Labute approximate surface area is 75.9 Å². The molecule has 1 nitrogen and oxygen atoms in total. The Balaban J connectivity index is 2.33. The molecule has 2 aliphatic rings. The standard InChI is InChI=1S/C11H21N/c1-7-8-11(6,12-8)10(7,5)9(2,3)4/h7-8,12H,1-6H3. The van der Waals surface area contributed by atoms with Gasteiger partial charge in [-0.3, -0.25) is 0 Å². The summed E-state index contributed by atoms with van der Waals surface area (Å²) in [5.74, 6) is 0.836. The van der Waals surface area contributed by atoms with Crippen LogP contribution in [0.4, 0.5) is 0 Å². The lowest BCUT2D eigenvalue weighted by Gasteiger charge is -2.57. The smallest absolute Gasteiger partial charge is 0.0375 e. The molecule has 0 spiro atoms. The summed E-state index contributed by atoms with van der Waals surface area (Å²) in [4.78, 5) is 0. The molecule has 1 aliphatic carbocycles. The molecule has 2 rings (SSSR count). The van der Waals surface area contributed by atoms with Crippen molar-refractivity contribution in [1.82, 2.24) is 5.32 Å². The van der Waals surface area contributed by atoms with E-state index >= 15 is 0 Å². The number of hydrogen-bond acceptors (Lipinski definition) is 1. The van der Waals surface area contributed by atoms with E-state index in [0.717, 1.165) is 12.0 Å². The molecule has 2 fully saturated rings. The molecular formula is C11H21N. The van der Waals surface area contributed by atoms with Crippen molar-refractivity contribution >= 4 is 0 Å². The van der Waals surface area contributed by atoms with Crippen LogP contribution in [0.5, 0.6) is 0 Å². The summed E-state index contributed by atoms with van der Waals surface area (Å²) in [7, 11) is 0. The van der Waals surface area contributed by atoms with Gasteiger partial charge in [0.05, 0.1) is 0 Å². The predicted octanol–water partition coefficient (Wildman–Crippen LogP) is 2.42. The maximum atomic E-state index is 3.63. The van der Waals surface area contributed by atoms with Crippen LogP contribution in [0, 0.1) is 16.7 Å². The van der Waals surface area contributed by atoms with Crippen LogP contribution in [0.1, 0.15) is 41.5 Å². The van der Waals surface area contributed by atoms with Gasteiger partial charge in [0.2, 0.25) is 0 Å². The quantitative estimate of drug-likeness (QED) is 0.550. The third-order valence-electron chi connectivity index (χ3n) is 5.04. The average Bonchev–Trinajstić information content (AvgIpc) is 2.56. The SMILES string of the molecule is CC1C2NC2(C)C1(C)C(C)(C)C. The topological polar surface area (TPSA) is 21.9 Å². The van der Waals surface area contributed by atoms with Crippen LogP contribution in [-0.4, -0.2) is 11.6 Å². The lowest BCUT2D eigenvalue weighted by Crippen LogP contribution is -2.60. The molecule has 4 atom stereocenters. The number of fused-ring (bicyclic) bond motifs is 1. The highest BCUT2D eigenvalue weighted by Gasteiger charge is 2.78. The zero-order chi connectivity index (χ0) is 9.36. The molecule has 0 bridgehead atoms. The van der Waals surface area contributed by atoms with Crippen LogP contribution >= 0.6 is 0 Å². The van der Waals surface area contributed by atoms with Gasteiger partial charge in [-0.05, 0) is 23.7 Å². The van der Waals surface area contributed by atoms with Crippen LogP contribution in [0.3, 0.4) is 0 Å². The third kappa shape index (κ3) is 0.585. The van der Waals surface area contributed by atoms with Crippen molar-refractivity contribution in [2.45, 2.75) is 53.1 Å². The fourth-order valence-corrected chi connectivity index (χ4v) is 3.55. The normalized spacial score (nSPS) is 57.5. The van der Waals surface area contributed by atoms with Crippen LogP contribution in [-0.2, 0) is 0 Å². The second kappa shape index (κ2) is 1.75. The van der Waals surface area contributed by atoms with Crippen molar-refractivity contribution in [3.8, 4) is 0 Å². The van der Waals surface area contributed by atoms with Crippen molar-refractivity contribution in [3.63, 3.8) is 0 Å². The first-order valence-electron chi connectivity index (χ1n) is 5.03. The van der Waals surface area contributed by atoms with Crippen molar-refractivity contribution in [2.75, 3.05) is 0 Å². The molecule has 1 N–H and O–H groups in total. The zero-order valence-electron chi connectivity index (χ0n) is 9.15. The fourth-order valence-electron chi connectivity index (χ4n) is 3.55. The van der Waals surface area contributed by atoms with Crippen molar-refractivity contribution < 1.29 is 0 Å². The first-order chi connectivity index (χ1) is 5.25. The Bertz CT molecular complexity index is 220. The largest absolute Gasteiger partial charge is 0.305 e. The summed E-state index contributed by atoms with van der Waals surface area (Å²) >= 11 is 0. The maximum Gasteiger partial charge on any atom is 0.0375 e. The van der Waals surface area contributed by atoms with E-state index in [1.165, 1.54) is 0 Å². The van der Waals surface area contributed by atoms with Gasteiger partial charge in [0.15, 0.2) is 0 Å². The van der Waals surface area contributed by atoms with E-state index in [4.69, 9.17) is 0 Å². The molecule has 1 heterocycles. The number of rotatable bonds is 0. The van der Waals surface area contributed by atoms with Gasteiger partial charge < -0.3 is 5.32 Å². The fraction of sp³-hybridized carbons (Fsp3) is 1.00. The first kappa shape index (κ1) is 8.55. The Kier molecular flexibility index (Phi) is 1.24. The molecule has 1 aliphatic heterocycles. The van der Waals surface area contributed by atoms with Crippen LogP contribution in [0.2, 0.25) is 0 Å². The van der Waals surface area contributed by atoms with Crippen LogP contribution < -0.4 is 5.32 Å². The summed E-state index contributed by atoms with van der Waals surface area (Å²) in [6.45, 7) is 14.3. The van der Waals surface area contributed by atoms with E-state index in [-0.39, 0.29) is 0 Å². The molecule has 0 aromatic carbocycles. The highest BCUT2D eigenvalue weighted by atomic mass is 15.3. The molecular weight excluding hydrogens is 146 g/mol.